The second-order valence-corrected chi connectivity index (χ2v) is 6.84. The summed E-state index contributed by atoms with van der Waals surface area (Å²) in [4.78, 5) is 9.82. The van der Waals surface area contributed by atoms with Gasteiger partial charge >= 0.3 is 0 Å². The Bertz CT molecular complexity index is 825. The van der Waals surface area contributed by atoms with Crippen molar-refractivity contribution in [2.24, 2.45) is 4.99 Å². The minimum absolute atomic E-state index is 0.548. The van der Waals surface area contributed by atoms with Crippen LogP contribution in [0.1, 0.15) is 15.6 Å². The zero-order valence-electron chi connectivity index (χ0n) is 14.3. The van der Waals surface area contributed by atoms with E-state index in [-0.39, 0.29) is 0 Å². The lowest BCUT2D eigenvalue weighted by molar-refractivity contribution is 0.422. The van der Waals surface area contributed by atoms with Crippen LogP contribution >= 0.6 is 11.3 Å². The summed E-state index contributed by atoms with van der Waals surface area (Å²) in [6.45, 7) is 3.39. The van der Waals surface area contributed by atoms with Crippen molar-refractivity contribution in [1.82, 2.24) is 20.8 Å². The van der Waals surface area contributed by atoms with Gasteiger partial charge in [0.2, 0.25) is 0 Å². The molecule has 6 nitrogen and oxygen atoms in total. The molecule has 0 saturated carbocycles. The van der Waals surface area contributed by atoms with Crippen molar-refractivity contribution in [3.63, 3.8) is 0 Å². The summed E-state index contributed by atoms with van der Waals surface area (Å²) in [5, 5.41) is 11.8. The van der Waals surface area contributed by atoms with Gasteiger partial charge in [-0.25, -0.2) is 4.98 Å². The molecule has 0 spiro atoms. The lowest BCUT2D eigenvalue weighted by Crippen LogP contribution is -2.37. The molecular formula is C18H21N5OS. The summed E-state index contributed by atoms with van der Waals surface area (Å²) >= 11 is 1.72. The van der Waals surface area contributed by atoms with Crippen LogP contribution in [0.2, 0.25) is 0 Å². The van der Waals surface area contributed by atoms with E-state index in [1.807, 2.05) is 42.6 Å². The fourth-order valence-electron chi connectivity index (χ4n) is 2.33. The van der Waals surface area contributed by atoms with Crippen molar-refractivity contribution in [2.75, 3.05) is 13.6 Å². The molecule has 0 atom stereocenters. The predicted molar refractivity (Wildman–Crippen MR) is 101 cm³/mol. The maximum atomic E-state index is 5.40. The van der Waals surface area contributed by atoms with Crippen molar-refractivity contribution < 1.29 is 4.52 Å². The summed E-state index contributed by atoms with van der Waals surface area (Å²) < 4.78 is 5.40. The van der Waals surface area contributed by atoms with Crippen LogP contribution in [0.4, 0.5) is 0 Å². The highest BCUT2D eigenvalue weighted by atomic mass is 32.1. The van der Waals surface area contributed by atoms with Crippen molar-refractivity contribution in [1.29, 1.82) is 0 Å². The number of aromatic nitrogens is 2. The summed E-state index contributed by atoms with van der Waals surface area (Å²) in [5.74, 6) is 1.50. The Morgan fingerprint density at radius 2 is 2.08 bits per heavy atom. The van der Waals surface area contributed by atoms with E-state index < -0.39 is 0 Å². The molecule has 0 aliphatic rings. The highest BCUT2D eigenvalue weighted by Gasteiger charge is 2.07. The van der Waals surface area contributed by atoms with E-state index in [4.69, 9.17) is 4.52 Å². The van der Waals surface area contributed by atoms with Gasteiger partial charge in [-0.15, -0.1) is 11.3 Å². The largest absolute Gasteiger partial charge is 0.356 e. The zero-order chi connectivity index (χ0) is 17.5. The molecule has 3 rings (SSSR count). The van der Waals surface area contributed by atoms with E-state index in [0.29, 0.717) is 6.54 Å². The Kier molecular flexibility index (Phi) is 5.79. The van der Waals surface area contributed by atoms with E-state index >= 15 is 0 Å². The molecule has 130 valence electrons. The number of hydrogen-bond donors (Lipinski definition) is 2. The van der Waals surface area contributed by atoms with E-state index in [9.17, 15) is 0 Å². The standard InChI is InChI=1S/C18H21N5OS/c1-13-11-21-17(25-13)8-9-20-18(19-2)22-12-15-10-16(24-23-15)14-6-4-3-5-7-14/h3-7,10-11H,8-9,12H2,1-2H3,(H2,19,20,22). The SMILES string of the molecule is CN=C(NCCc1ncc(C)s1)NCc1cc(-c2ccccc2)on1. The summed E-state index contributed by atoms with van der Waals surface area (Å²) in [6, 6.07) is 11.9. The number of aliphatic imine (C=N–C) groups is 1. The van der Waals surface area contributed by atoms with Gasteiger partial charge in [0.15, 0.2) is 11.7 Å². The Morgan fingerprint density at radius 3 is 2.80 bits per heavy atom. The molecule has 0 amide bonds. The van der Waals surface area contributed by atoms with Crippen LogP contribution in [0.25, 0.3) is 11.3 Å². The van der Waals surface area contributed by atoms with E-state index in [1.54, 1.807) is 18.4 Å². The smallest absolute Gasteiger partial charge is 0.191 e. The molecule has 2 heterocycles. The highest BCUT2D eigenvalue weighted by Crippen LogP contribution is 2.19. The van der Waals surface area contributed by atoms with Gasteiger partial charge in [0.1, 0.15) is 5.69 Å². The quantitative estimate of drug-likeness (QED) is 0.525. The van der Waals surface area contributed by atoms with Gasteiger partial charge in [-0.3, -0.25) is 4.99 Å². The fourth-order valence-corrected chi connectivity index (χ4v) is 3.12. The number of benzene rings is 1. The highest BCUT2D eigenvalue weighted by molar-refractivity contribution is 7.11. The molecule has 2 N–H and O–H groups in total. The number of hydrogen-bond acceptors (Lipinski definition) is 5. The molecule has 7 heteroatoms. The minimum Gasteiger partial charge on any atom is -0.356 e. The minimum atomic E-state index is 0.548. The van der Waals surface area contributed by atoms with Gasteiger partial charge in [-0.2, -0.15) is 0 Å². The first-order valence-electron chi connectivity index (χ1n) is 8.11. The zero-order valence-corrected chi connectivity index (χ0v) is 15.1. The first-order valence-corrected chi connectivity index (χ1v) is 8.93. The number of nitrogens with one attached hydrogen (secondary N) is 2. The first kappa shape index (κ1) is 17.2. The second-order valence-electron chi connectivity index (χ2n) is 5.52. The number of nitrogens with zero attached hydrogens (tertiary/aromatic N) is 3. The number of aryl methyl sites for hydroxylation is 1. The summed E-state index contributed by atoms with van der Waals surface area (Å²) in [7, 11) is 1.75. The lowest BCUT2D eigenvalue weighted by atomic mass is 10.2. The van der Waals surface area contributed by atoms with E-state index in [2.05, 4.69) is 32.7 Å². The molecule has 0 unspecified atom stereocenters. The third-order valence-electron chi connectivity index (χ3n) is 3.58. The Labute approximate surface area is 151 Å². The summed E-state index contributed by atoms with van der Waals surface area (Å²) in [5.41, 5.74) is 1.85. The second kappa shape index (κ2) is 8.43. The Balaban J connectivity index is 1.47. The molecule has 0 bridgehead atoms. The van der Waals surface area contributed by atoms with Gasteiger partial charge in [0.05, 0.1) is 11.6 Å². The number of thiazole rings is 1. The van der Waals surface area contributed by atoms with Crippen LogP contribution in [0, 0.1) is 6.92 Å². The van der Waals surface area contributed by atoms with Crippen molar-refractivity contribution in [3.8, 4) is 11.3 Å². The van der Waals surface area contributed by atoms with Crippen molar-refractivity contribution in [2.45, 2.75) is 19.9 Å². The topological polar surface area (TPSA) is 75.3 Å². The van der Waals surface area contributed by atoms with Gasteiger partial charge in [0.25, 0.3) is 0 Å². The van der Waals surface area contributed by atoms with Gasteiger partial charge in [-0.05, 0) is 6.92 Å². The van der Waals surface area contributed by atoms with Crippen LogP contribution in [-0.4, -0.2) is 29.7 Å². The molecule has 0 aliphatic heterocycles. The van der Waals surface area contributed by atoms with E-state index in [1.165, 1.54) is 4.88 Å². The maximum absolute atomic E-state index is 5.40. The maximum Gasteiger partial charge on any atom is 0.191 e. The third-order valence-corrected chi connectivity index (χ3v) is 4.55. The number of rotatable bonds is 6. The average Bonchev–Trinajstić information content (AvgIpc) is 3.28. The molecule has 0 aliphatic carbocycles. The molecule has 3 aromatic rings. The van der Waals surface area contributed by atoms with Crippen molar-refractivity contribution in [3.05, 3.63) is 58.2 Å². The van der Waals surface area contributed by atoms with Gasteiger partial charge < -0.3 is 15.2 Å². The van der Waals surface area contributed by atoms with Gasteiger partial charge in [-0.1, -0.05) is 35.5 Å². The Morgan fingerprint density at radius 1 is 1.24 bits per heavy atom. The molecule has 25 heavy (non-hydrogen) atoms. The third kappa shape index (κ3) is 4.90. The van der Waals surface area contributed by atoms with E-state index in [0.717, 1.165) is 41.0 Å². The first-order chi connectivity index (χ1) is 12.2. The van der Waals surface area contributed by atoms with Crippen LogP contribution in [-0.2, 0) is 13.0 Å². The predicted octanol–water partition coefficient (Wildman–Crippen LogP) is 3.01. The summed E-state index contributed by atoms with van der Waals surface area (Å²) in [6.07, 6.45) is 2.78. The fraction of sp³-hybridized carbons (Fsp3) is 0.278. The van der Waals surface area contributed by atoms with Crippen LogP contribution in [0.15, 0.2) is 52.1 Å². The van der Waals surface area contributed by atoms with Crippen LogP contribution in [0.3, 0.4) is 0 Å². The van der Waals surface area contributed by atoms with Crippen LogP contribution in [0.5, 0.6) is 0 Å². The molecule has 2 aromatic heterocycles. The molecule has 0 radical (unpaired) electrons. The molecule has 0 fully saturated rings. The number of guanidine groups is 1. The normalized spacial score (nSPS) is 11.5. The van der Waals surface area contributed by atoms with Gasteiger partial charge in [0, 0.05) is 42.7 Å². The monoisotopic (exact) mass is 355 g/mol. The van der Waals surface area contributed by atoms with Crippen LogP contribution < -0.4 is 10.6 Å². The molecule has 1 aromatic carbocycles. The Hall–Kier alpha value is -2.67. The van der Waals surface area contributed by atoms with Crippen molar-refractivity contribution >= 4 is 17.3 Å². The lowest BCUT2D eigenvalue weighted by Gasteiger charge is -2.09. The molecular weight excluding hydrogens is 334 g/mol. The average molecular weight is 355 g/mol. The molecule has 0 saturated heterocycles.